The molecule has 184 valence electrons. The fourth-order valence-electron chi connectivity index (χ4n) is 4.91. The molecule has 0 radical (unpaired) electrons. The summed E-state index contributed by atoms with van der Waals surface area (Å²) in [6, 6.07) is 4.45. The van der Waals surface area contributed by atoms with Gasteiger partial charge in [-0.05, 0) is 62.1 Å². The van der Waals surface area contributed by atoms with Gasteiger partial charge in [0.15, 0.2) is 9.84 Å². The van der Waals surface area contributed by atoms with Crippen molar-refractivity contribution in [3.8, 4) is 0 Å². The number of piperidine rings is 2. The Hall–Kier alpha value is -1.65. The summed E-state index contributed by atoms with van der Waals surface area (Å²) >= 11 is 0. The van der Waals surface area contributed by atoms with Gasteiger partial charge in [0.2, 0.25) is 10.0 Å². The van der Waals surface area contributed by atoms with Crippen molar-refractivity contribution in [1.82, 2.24) is 9.62 Å². The summed E-state index contributed by atoms with van der Waals surface area (Å²) in [7, 11) is -6.89. The maximum absolute atomic E-state index is 13.7. The molecule has 1 amide bonds. The van der Waals surface area contributed by atoms with Gasteiger partial charge in [0.25, 0.3) is 5.91 Å². The average molecular weight is 498 g/mol. The van der Waals surface area contributed by atoms with Gasteiger partial charge in [0.1, 0.15) is 4.90 Å². The van der Waals surface area contributed by atoms with Crippen LogP contribution in [0.1, 0.15) is 56.3 Å². The van der Waals surface area contributed by atoms with E-state index in [1.54, 1.807) is 16.4 Å². The highest BCUT2D eigenvalue weighted by Crippen LogP contribution is 2.33. The zero-order chi connectivity index (χ0) is 23.8. The van der Waals surface area contributed by atoms with Crippen LogP contribution in [0, 0.1) is 11.8 Å². The maximum atomic E-state index is 13.7. The predicted octanol–water partition coefficient (Wildman–Crippen LogP) is 2.26. The second kappa shape index (κ2) is 9.54. The second-order valence-electron chi connectivity index (χ2n) is 10.0. The van der Waals surface area contributed by atoms with Gasteiger partial charge in [-0.2, -0.15) is 4.31 Å². The summed E-state index contributed by atoms with van der Waals surface area (Å²) < 4.78 is 52.5. The molecule has 1 aromatic rings. The summed E-state index contributed by atoms with van der Waals surface area (Å²) in [4.78, 5) is 15.2. The van der Waals surface area contributed by atoms with Gasteiger partial charge in [-0.1, -0.05) is 13.8 Å². The minimum atomic E-state index is -3.77. The highest BCUT2D eigenvalue weighted by Gasteiger charge is 2.34. The van der Waals surface area contributed by atoms with Gasteiger partial charge < -0.3 is 10.2 Å². The Bertz CT molecular complexity index is 1090. The summed E-state index contributed by atoms with van der Waals surface area (Å²) in [5, 5.41) is 2.78. The number of anilines is 1. The molecule has 3 saturated heterocycles. The van der Waals surface area contributed by atoms with Crippen molar-refractivity contribution in [2.45, 2.75) is 56.9 Å². The Kier molecular flexibility index (Phi) is 7.08. The van der Waals surface area contributed by atoms with Crippen molar-refractivity contribution in [3.05, 3.63) is 23.8 Å². The SMILES string of the molecule is CC1CCN(c2ccc(C(=O)NC3CCS(=O)(=O)C3)cc2S(=O)(=O)N2CCC(C)CC2)CC1. The van der Waals surface area contributed by atoms with E-state index in [9.17, 15) is 21.6 Å². The van der Waals surface area contributed by atoms with Crippen molar-refractivity contribution in [2.75, 3.05) is 42.6 Å². The zero-order valence-corrected chi connectivity index (χ0v) is 21.1. The molecule has 10 heteroatoms. The van der Waals surface area contributed by atoms with Crippen LogP contribution in [0.3, 0.4) is 0 Å². The molecule has 1 unspecified atom stereocenters. The first kappa shape index (κ1) is 24.5. The van der Waals surface area contributed by atoms with E-state index in [0.717, 1.165) is 38.8 Å². The quantitative estimate of drug-likeness (QED) is 0.669. The topological polar surface area (TPSA) is 104 Å². The Morgan fingerprint density at radius 1 is 0.970 bits per heavy atom. The molecule has 0 spiro atoms. The molecule has 1 aromatic carbocycles. The fourth-order valence-corrected chi connectivity index (χ4v) is 8.30. The van der Waals surface area contributed by atoms with Crippen LogP contribution < -0.4 is 10.2 Å². The maximum Gasteiger partial charge on any atom is 0.251 e. The number of hydrogen-bond acceptors (Lipinski definition) is 6. The highest BCUT2D eigenvalue weighted by atomic mass is 32.2. The van der Waals surface area contributed by atoms with E-state index in [1.165, 1.54) is 6.07 Å². The van der Waals surface area contributed by atoms with E-state index < -0.39 is 31.8 Å². The molecule has 3 aliphatic heterocycles. The third-order valence-corrected chi connectivity index (χ3v) is 11.0. The van der Waals surface area contributed by atoms with E-state index in [-0.39, 0.29) is 22.0 Å². The molecule has 3 aliphatic rings. The monoisotopic (exact) mass is 497 g/mol. The van der Waals surface area contributed by atoms with Gasteiger partial charge in [-0.3, -0.25) is 4.79 Å². The number of nitrogens with zero attached hydrogens (tertiary/aromatic N) is 2. The number of sulfonamides is 1. The van der Waals surface area contributed by atoms with Crippen LogP contribution in [-0.4, -0.2) is 70.8 Å². The standard InChI is InChI=1S/C23H35N3O5S2/c1-17-5-10-25(11-6-17)21-4-3-19(23(27)24-20-9-14-32(28,29)16-20)15-22(21)33(30,31)26-12-7-18(2)8-13-26/h3-4,15,17-18,20H,5-14,16H2,1-2H3,(H,24,27). The average Bonchev–Trinajstić information content (AvgIpc) is 3.12. The summed E-state index contributed by atoms with van der Waals surface area (Å²) in [6.07, 6.45) is 4.03. The van der Waals surface area contributed by atoms with Gasteiger partial charge in [0.05, 0.1) is 17.2 Å². The van der Waals surface area contributed by atoms with Gasteiger partial charge in [0, 0.05) is 37.8 Å². The zero-order valence-electron chi connectivity index (χ0n) is 19.5. The van der Waals surface area contributed by atoms with Crippen molar-refractivity contribution in [2.24, 2.45) is 11.8 Å². The molecule has 1 atom stereocenters. The first-order valence-corrected chi connectivity index (χ1v) is 15.2. The molecule has 0 aromatic heterocycles. The molecular formula is C23H35N3O5S2. The fraction of sp³-hybridized carbons (Fsp3) is 0.696. The lowest BCUT2D eigenvalue weighted by molar-refractivity contribution is 0.0941. The van der Waals surface area contributed by atoms with Gasteiger partial charge in [-0.15, -0.1) is 0 Å². The number of hydrogen-bond donors (Lipinski definition) is 1. The normalized spacial score (nSPS) is 25.3. The lowest BCUT2D eigenvalue weighted by atomic mass is 9.98. The lowest BCUT2D eigenvalue weighted by Gasteiger charge is -2.35. The van der Waals surface area contributed by atoms with Crippen LogP contribution in [0.2, 0.25) is 0 Å². The molecule has 0 bridgehead atoms. The number of nitrogens with one attached hydrogen (secondary N) is 1. The molecular weight excluding hydrogens is 462 g/mol. The number of sulfone groups is 1. The van der Waals surface area contributed by atoms with Crippen molar-refractivity contribution >= 4 is 31.5 Å². The molecule has 8 nitrogen and oxygen atoms in total. The van der Waals surface area contributed by atoms with Crippen LogP contribution >= 0.6 is 0 Å². The molecule has 3 fully saturated rings. The van der Waals surface area contributed by atoms with Gasteiger partial charge >= 0.3 is 0 Å². The van der Waals surface area contributed by atoms with Crippen LogP contribution in [0.25, 0.3) is 0 Å². The first-order chi connectivity index (χ1) is 15.5. The van der Waals surface area contributed by atoms with Crippen molar-refractivity contribution < 1.29 is 21.6 Å². The minimum absolute atomic E-state index is 0.0667. The Morgan fingerprint density at radius 3 is 2.15 bits per heavy atom. The number of carbonyl (C=O) groups is 1. The number of benzene rings is 1. The minimum Gasteiger partial charge on any atom is -0.370 e. The Balaban J connectivity index is 1.64. The first-order valence-electron chi connectivity index (χ1n) is 12.0. The van der Waals surface area contributed by atoms with E-state index in [1.807, 2.05) is 0 Å². The van der Waals surface area contributed by atoms with Crippen LogP contribution in [0.4, 0.5) is 5.69 Å². The molecule has 4 rings (SSSR count). The molecule has 0 aliphatic carbocycles. The van der Waals surface area contributed by atoms with E-state index in [2.05, 4.69) is 24.1 Å². The van der Waals surface area contributed by atoms with Crippen LogP contribution in [-0.2, 0) is 19.9 Å². The van der Waals surface area contributed by atoms with Crippen molar-refractivity contribution in [1.29, 1.82) is 0 Å². The third kappa shape index (κ3) is 5.54. The third-order valence-electron chi connectivity index (χ3n) is 7.27. The predicted molar refractivity (Wildman–Crippen MR) is 129 cm³/mol. The molecule has 33 heavy (non-hydrogen) atoms. The number of rotatable bonds is 5. The summed E-state index contributed by atoms with van der Waals surface area (Å²) in [5.74, 6) is 0.675. The molecule has 0 saturated carbocycles. The Morgan fingerprint density at radius 2 is 1.58 bits per heavy atom. The lowest BCUT2D eigenvalue weighted by Crippen LogP contribution is -2.40. The highest BCUT2D eigenvalue weighted by molar-refractivity contribution is 7.91. The largest absolute Gasteiger partial charge is 0.370 e. The van der Waals surface area contributed by atoms with Crippen molar-refractivity contribution in [3.63, 3.8) is 0 Å². The molecule has 3 heterocycles. The second-order valence-corrected chi connectivity index (χ2v) is 14.1. The smallest absolute Gasteiger partial charge is 0.251 e. The number of amides is 1. The van der Waals surface area contributed by atoms with E-state index >= 15 is 0 Å². The van der Waals surface area contributed by atoms with E-state index in [0.29, 0.717) is 37.0 Å². The van der Waals surface area contributed by atoms with E-state index in [4.69, 9.17) is 0 Å². The summed E-state index contributed by atoms with van der Waals surface area (Å²) in [5.41, 5.74) is 0.901. The molecule has 1 N–H and O–H groups in total. The van der Waals surface area contributed by atoms with Crippen LogP contribution in [0.5, 0.6) is 0 Å². The number of carbonyl (C=O) groups excluding carboxylic acids is 1. The Labute approximate surface area is 197 Å². The van der Waals surface area contributed by atoms with Crippen LogP contribution in [0.15, 0.2) is 23.1 Å². The summed E-state index contributed by atoms with van der Waals surface area (Å²) in [6.45, 7) is 6.88. The van der Waals surface area contributed by atoms with Gasteiger partial charge in [-0.25, -0.2) is 16.8 Å².